The summed E-state index contributed by atoms with van der Waals surface area (Å²) >= 11 is 9.10. The van der Waals surface area contributed by atoms with Crippen molar-refractivity contribution in [3.8, 4) is 0 Å². The maximum atomic E-state index is 14.0. The molecule has 1 rings (SSSR count). The van der Waals surface area contributed by atoms with E-state index in [2.05, 4.69) is 42.0 Å². The summed E-state index contributed by atoms with van der Waals surface area (Å²) in [5.41, 5.74) is 1.57. The van der Waals surface area contributed by atoms with E-state index < -0.39 is 0 Å². The molecule has 4 heteroatoms. The van der Waals surface area contributed by atoms with Gasteiger partial charge in [0.15, 0.2) is 0 Å². The van der Waals surface area contributed by atoms with Crippen molar-refractivity contribution in [1.82, 2.24) is 5.32 Å². The van der Waals surface area contributed by atoms with Crippen molar-refractivity contribution in [3.63, 3.8) is 0 Å². The molecule has 0 fully saturated rings. The molecular formula is C15H20BrClFN. The fraction of sp³-hybridized carbons (Fsp3) is 0.467. The largest absolute Gasteiger partial charge is 0.312 e. The zero-order valence-electron chi connectivity index (χ0n) is 11.8. The summed E-state index contributed by atoms with van der Waals surface area (Å²) in [5.74, 6) is -0.367. The molecule has 0 radical (unpaired) electrons. The van der Waals surface area contributed by atoms with Crippen LogP contribution in [0.25, 0.3) is 5.57 Å². The number of rotatable bonds is 4. The highest BCUT2D eigenvalue weighted by molar-refractivity contribution is 9.10. The van der Waals surface area contributed by atoms with E-state index in [1.807, 2.05) is 13.0 Å². The van der Waals surface area contributed by atoms with E-state index in [9.17, 15) is 4.39 Å². The van der Waals surface area contributed by atoms with Crippen LogP contribution in [0.4, 0.5) is 4.39 Å². The molecule has 0 bridgehead atoms. The molecule has 19 heavy (non-hydrogen) atoms. The van der Waals surface area contributed by atoms with Gasteiger partial charge in [-0.25, -0.2) is 4.39 Å². The molecule has 1 nitrogen and oxygen atoms in total. The molecule has 0 aromatic heterocycles. The summed E-state index contributed by atoms with van der Waals surface area (Å²) in [6.45, 7) is 9.14. The number of nitrogens with one attached hydrogen (secondary N) is 1. The Morgan fingerprint density at radius 1 is 1.42 bits per heavy atom. The highest BCUT2D eigenvalue weighted by atomic mass is 79.9. The maximum Gasteiger partial charge on any atom is 0.150 e. The molecule has 1 aromatic rings. The first-order chi connectivity index (χ1) is 8.72. The van der Waals surface area contributed by atoms with Crippen molar-refractivity contribution in [1.29, 1.82) is 0 Å². The molecule has 1 aromatic carbocycles. The topological polar surface area (TPSA) is 12.0 Å². The smallest absolute Gasteiger partial charge is 0.150 e. The molecule has 0 saturated carbocycles. The Morgan fingerprint density at radius 2 is 2.05 bits per heavy atom. The van der Waals surface area contributed by atoms with Gasteiger partial charge in [-0.2, -0.15) is 0 Å². The Bertz CT molecular complexity index is 478. The van der Waals surface area contributed by atoms with Gasteiger partial charge in [0.05, 0.1) is 5.02 Å². The Labute approximate surface area is 128 Å². The van der Waals surface area contributed by atoms with E-state index in [4.69, 9.17) is 11.6 Å². The normalized spacial score (nSPS) is 12.9. The quantitative estimate of drug-likeness (QED) is 0.565. The minimum atomic E-state index is -0.367. The lowest BCUT2D eigenvalue weighted by Crippen LogP contribution is -2.36. The third kappa shape index (κ3) is 5.25. The minimum absolute atomic E-state index is 0.105. The van der Waals surface area contributed by atoms with Crippen molar-refractivity contribution in [3.05, 3.63) is 39.1 Å². The van der Waals surface area contributed by atoms with Crippen molar-refractivity contribution >= 4 is 33.1 Å². The molecular weight excluding hydrogens is 329 g/mol. The number of allylic oxidation sites excluding steroid dienone is 1. The standard InChI is InChI=1S/C15H20BrClFN/c1-10(6-5-9-19-15(2,3)4)11-7-8-12(16)13(17)14(11)18/h6-8,19H,5,9H2,1-4H3/b10-6-. The van der Waals surface area contributed by atoms with E-state index in [0.29, 0.717) is 10.0 Å². The molecule has 0 amide bonds. The fourth-order valence-electron chi connectivity index (χ4n) is 1.68. The van der Waals surface area contributed by atoms with Crippen LogP contribution in [0.5, 0.6) is 0 Å². The van der Waals surface area contributed by atoms with Crippen molar-refractivity contribution in [2.45, 2.75) is 39.7 Å². The summed E-state index contributed by atoms with van der Waals surface area (Å²) in [7, 11) is 0. The lowest BCUT2D eigenvalue weighted by Gasteiger charge is -2.19. The SMILES string of the molecule is C/C(=C/CCNC(C)(C)C)c1ccc(Br)c(Cl)c1F. The lowest BCUT2D eigenvalue weighted by molar-refractivity contribution is 0.431. The van der Waals surface area contributed by atoms with Gasteiger partial charge in [0.1, 0.15) is 5.82 Å². The summed E-state index contributed by atoms with van der Waals surface area (Å²) < 4.78 is 14.6. The fourth-order valence-corrected chi connectivity index (χ4v) is 2.15. The van der Waals surface area contributed by atoms with Crippen LogP contribution >= 0.6 is 27.5 Å². The van der Waals surface area contributed by atoms with Gasteiger partial charge in [0.2, 0.25) is 0 Å². The second-order valence-electron chi connectivity index (χ2n) is 5.58. The van der Waals surface area contributed by atoms with E-state index in [0.717, 1.165) is 18.5 Å². The Hall–Kier alpha value is -0.380. The van der Waals surface area contributed by atoms with Crippen molar-refractivity contribution < 1.29 is 4.39 Å². The molecule has 0 aliphatic rings. The number of halogens is 3. The second-order valence-corrected chi connectivity index (χ2v) is 6.81. The van der Waals surface area contributed by atoms with Crippen LogP contribution in [0.15, 0.2) is 22.7 Å². The van der Waals surface area contributed by atoms with Gasteiger partial charge >= 0.3 is 0 Å². The second kappa shape index (κ2) is 6.87. The van der Waals surface area contributed by atoms with E-state index in [1.54, 1.807) is 12.1 Å². The highest BCUT2D eigenvalue weighted by Crippen LogP contribution is 2.30. The van der Waals surface area contributed by atoms with Gasteiger partial charge in [0.25, 0.3) is 0 Å². The van der Waals surface area contributed by atoms with E-state index in [1.165, 1.54) is 0 Å². The number of benzene rings is 1. The maximum absolute atomic E-state index is 14.0. The van der Waals surface area contributed by atoms with Crippen LogP contribution in [0.1, 0.15) is 39.7 Å². The van der Waals surface area contributed by atoms with Gasteiger partial charge in [-0.3, -0.25) is 0 Å². The van der Waals surface area contributed by atoms with Crippen molar-refractivity contribution in [2.24, 2.45) is 0 Å². The first-order valence-electron chi connectivity index (χ1n) is 6.28. The van der Waals surface area contributed by atoms with Gasteiger partial charge < -0.3 is 5.32 Å². The van der Waals surface area contributed by atoms with Crippen LogP contribution in [0.2, 0.25) is 5.02 Å². The third-order valence-corrected chi connectivity index (χ3v) is 3.97. The zero-order chi connectivity index (χ0) is 14.6. The van der Waals surface area contributed by atoms with Crippen LogP contribution < -0.4 is 5.32 Å². The molecule has 0 spiro atoms. The monoisotopic (exact) mass is 347 g/mol. The Balaban J connectivity index is 2.73. The zero-order valence-corrected chi connectivity index (χ0v) is 14.1. The van der Waals surface area contributed by atoms with Crippen LogP contribution in [0, 0.1) is 5.82 Å². The average Bonchev–Trinajstić information content (AvgIpc) is 2.30. The number of hydrogen-bond donors (Lipinski definition) is 1. The van der Waals surface area contributed by atoms with Crippen LogP contribution in [0.3, 0.4) is 0 Å². The molecule has 0 atom stereocenters. The first kappa shape index (κ1) is 16.7. The molecule has 0 heterocycles. The van der Waals surface area contributed by atoms with Crippen LogP contribution in [-0.4, -0.2) is 12.1 Å². The average molecular weight is 349 g/mol. The lowest BCUT2D eigenvalue weighted by atomic mass is 10.1. The molecule has 0 saturated heterocycles. The van der Waals surface area contributed by atoms with Gasteiger partial charge in [0, 0.05) is 15.6 Å². The van der Waals surface area contributed by atoms with Crippen LogP contribution in [-0.2, 0) is 0 Å². The summed E-state index contributed by atoms with van der Waals surface area (Å²) in [6, 6.07) is 3.51. The molecule has 106 valence electrons. The van der Waals surface area contributed by atoms with E-state index >= 15 is 0 Å². The molecule has 0 aliphatic carbocycles. The molecule has 0 aliphatic heterocycles. The third-order valence-electron chi connectivity index (χ3n) is 2.71. The van der Waals surface area contributed by atoms with Crippen molar-refractivity contribution in [2.75, 3.05) is 6.54 Å². The van der Waals surface area contributed by atoms with Gasteiger partial charge in [-0.05, 0) is 68.2 Å². The number of hydrogen-bond acceptors (Lipinski definition) is 1. The van der Waals surface area contributed by atoms with Gasteiger partial charge in [-0.1, -0.05) is 23.7 Å². The first-order valence-corrected chi connectivity index (χ1v) is 7.45. The Kier molecular flexibility index (Phi) is 6.03. The highest BCUT2D eigenvalue weighted by Gasteiger charge is 2.11. The van der Waals surface area contributed by atoms with Gasteiger partial charge in [-0.15, -0.1) is 0 Å². The molecule has 1 N–H and O–H groups in total. The summed E-state index contributed by atoms with van der Waals surface area (Å²) in [4.78, 5) is 0. The Morgan fingerprint density at radius 3 is 2.63 bits per heavy atom. The molecule has 0 unspecified atom stereocenters. The van der Waals surface area contributed by atoms with E-state index in [-0.39, 0.29) is 16.4 Å². The minimum Gasteiger partial charge on any atom is -0.312 e. The summed E-state index contributed by atoms with van der Waals surface area (Å²) in [6.07, 6.45) is 2.89. The predicted molar refractivity (Wildman–Crippen MR) is 85.1 cm³/mol. The summed E-state index contributed by atoms with van der Waals surface area (Å²) in [5, 5.41) is 3.53. The predicted octanol–water partition coefficient (Wildman–Crippen LogP) is 5.42.